The number of aryl methyl sites for hydroxylation is 2. The Hall–Kier alpha value is -3.28. The van der Waals surface area contributed by atoms with E-state index in [2.05, 4.69) is 25.6 Å². The van der Waals surface area contributed by atoms with Crippen molar-refractivity contribution in [1.29, 1.82) is 0 Å². The minimum absolute atomic E-state index is 0.263. The minimum atomic E-state index is -0.263. The van der Waals surface area contributed by atoms with Crippen LogP contribution in [0.3, 0.4) is 0 Å². The van der Waals surface area contributed by atoms with E-state index < -0.39 is 0 Å². The summed E-state index contributed by atoms with van der Waals surface area (Å²) in [6, 6.07) is 13.1. The predicted molar refractivity (Wildman–Crippen MR) is 97.5 cm³/mol. The Bertz CT molecular complexity index is 880. The number of nitrogens with one attached hydrogen (secondary N) is 2. The van der Waals surface area contributed by atoms with Gasteiger partial charge in [-0.2, -0.15) is 0 Å². The molecule has 0 saturated heterocycles. The number of carbonyl (C=O) groups excluding carboxylic acids is 1. The van der Waals surface area contributed by atoms with E-state index in [0.29, 0.717) is 23.9 Å². The second kappa shape index (κ2) is 7.53. The van der Waals surface area contributed by atoms with Crippen molar-refractivity contribution in [3.63, 3.8) is 0 Å². The maximum Gasteiger partial charge on any atom is 0.274 e. The van der Waals surface area contributed by atoms with E-state index in [1.54, 1.807) is 25.4 Å². The number of nitrogens with zero attached hydrogens (tertiary/aromatic N) is 3. The van der Waals surface area contributed by atoms with Crippen LogP contribution in [-0.2, 0) is 6.54 Å². The second-order valence-corrected chi connectivity index (χ2v) is 5.72. The van der Waals surface area contributed by atoms with E-state index in [4.69, 9.17) is 0 Å². The summed E-state index contributed by atoms with van der Waals surface area (Å²) in [7, 11) is 0. The molecule has 0 spiro atoms. The van der Waals surface area contributed by atoms with Crippen molar-refractivity contribution < 1.29 is 4.79 Å². The van der Waals surface area contributed by atoms with Gasteiger partial charge in [0.05, 0.1) is 0 Å². The molecule has 0 fully saturated rings. The van der Waals surface area contributed by atoms with Crippen molar-refractivity contribution in [2.24, 2.45) is 0 Å². The zero-order chi connectivity index (χ0) is 17.6. The van der Waals surface area contributed by atoms with Crippen LogP contribution in [0.1, 0.15) is 27.4 Å². The van der Waals surface area contributed by atoms with Crippen LogP contribution in [0.15, 0.2) is 54.9 Å². The Kier molecular flexibility index (Phi) is 4.99. The molecule has 0 atom stereocenters. The molecule has 0 aliphatic rings. The van der Waals surface area contributed by atoms with E-state index in [1.165, 1.54) is 0 Å². The standard InChI is InChI=1S/C19H19N5O/c1-13-5-3-7-16(9-13)24-19(25)17-10-18(23-14(2)22-17)21-12-15-6-4-8-20-11-15/h3-11H,12H2,1-2H3,(H,24,25)(H,21,22,23). The maximum atomic E-state index is 12.5. The molecule has 0 aliphatic carbocycles. The smallest absolute Gasteiger partial charge is 0.274 e. The van der Waals surface area contributed by atoms with Gasteiger partial charge in [0.1, 0.15) is 17.3 Å². The van der Waals surface area contributed by atoms with Crippen LogP contribution < -0.4 is 10.6 Å². The molecule has 3 aromatic rings. The van der Waals surface area contributed by atoms with Gasteiger partial charge in [0.25, 0.3) is 5.91 Å². The lowest BCUT2D eigenvalue weighted by molar-refractivity contribution is 0.102. The Morgan fingerprint density at radius 1 is 1.08 bits per heavy atom. The van der Waals surface area contributed by atoms with Crippen molar-refractivity contribution in [2.45, 2.75) is 20.4 Å². The SMILES string of the molecule is Cc1cccc(NC(=O)c2cc(NCc3cccnc3)nc(C)n2)c1. The van der Waals surface area contributed by atoms with Gasteiger partial charge >= 0.3 is 0 Å². The highest BCUT2D eigenvalue weighted by Crippen LogP contribution is 2.13. The topological polar surface area (TPSA) is 79.8 Å². The molecular formula is C19H19N5O. The number of carbonyl (C=O) groups is 1. The van der Waals surface area contributed by atoms with Gasteiger partial charge < -0.3 is 10.6 Å². The number of amides is 1. The van der Waals surface area contributed by atoms with Crippen molar-refractivity contribution in [3.05, 3.63) is 77.5 Å². The first-order chi connectivity index (χ1) is 12.1. The molecule has 0 bridgehead atoms. The fourth-order valence-corrected chi connectivity index (χ4v) is 2.39. The van der Waals surface area contributed by atoms with Crippen molar-refractivity contribution in [1.82, 2.24) is 15.0 Å². The van der Waals surface area contributed by atoms with Gasteiger partial charge in [-0.05, 0) is 43.2 Å². The number of hydrogen-bond acceptors (Lipinski definition) is 5. The van der Waals surface area contributed by atoms with Crippen LogP contribution in [0.5, 0.6) is 0 Å². The molecule has 1 amide bonds. The van der Waals surface area contributed by atoms with Crippen LogP contribution in [-0.4, -0.2) is 20.9 Å². The zero-order valence-corrected chi connectivity index (χ0v) is 14.2. The lowest BCUT2D eigenvalue weighted by Crippen LogP contribution is -2.16. The molecule has 2 heterocycles. The van der Waals surface area contributed by atoms with E-state index in [9.17, 15) is 4.79 Å². The lowest BCUT2D eigenvalue weighted by atomic mass is 10.2. The quantitative estimate of drug-likeness (QED) is 0.748. The van der Waals surface area contributed by atoms with Gasteiger partial charge in [0.15, 0.2) is 0 Å². The number of anilines is 2. The summed E-state index contributed by atoms with van der Waals surface area (Å²) >= 11 is 0. The zero-order valence-electron chi connectivity index (χ0n) is 14.2. The second-order valence-electron chi connectivity index (χ2n) is 5.72. The van der Waals surface area contributed by atoms with Gasteiger partial charge in [-0.3, -0.25) is 9.78 Å². The van der Waals surface area contributed by atoms with Crippen molar-refractivity contribution in [3.8, 4) is 0 Å². The summed E-state index contributed by atoms with van der Waals surface area (Å²) in [6.45, 7) is 4.31. The molecule has 6 heteroatoms. The Labute approximate surface area is 146 Å². The molecule has 0 unspecified atom stereocenters. The largest absolute Gasteiger partial charge is 0.366 e. The summed E-state index contributed by atoms with van der Waals surface area (Å²) in [5.74, 6) is 0.872. The van der Waals surface area contributed by atoms with Crippen LogP contribution in [0, 0.1) is 13.8 Å². The molecule has 6 nitrogen and oxygen atoms in total. The number of pyridine rings is 1. The van der Waals surface area contributed by atoms with Gasteiger partial charge in [0, 0.05) is 30.7 Å². The average molecular weight is 333 g/mol. The fourth-order valence-electron chi connectivity index (χ4n) is 2.39. The van der Waals surface area contributed by atoms with Crippen molar-refractivity contribution >= 4 is 17.4 Å². The first-order valence-corrected chi connectivity index (χ1v) is 7.96. The Morgan fingerprint density at radius 2 is 1.96 bits per heavy atom. The molecule has 1 aromatic carbocycles. The van der Waals surface area contributed by atoms with Crippen LogP contribution in [0.2, 0.25) is 0 Å². The summed E-state index contributed by atoms with van der Waals surface area (Å²) in [4.78, 5) is 25.1. The third-order valence-corrected chi connectivity index (χ3v) is 3.54. The molecule has 3 rings (SSSR count). The normalized spacial score (nSPS) is 10.3. The number of rotatable bonds is 5. The van der Waals surface area contributed by atoms with Crippen molar-refractivity contribution in [2.75, 3.05) is 10.6 Å². The summed E-state index contributed by atoms with van der Waals surface area (Å²) in [5.41, 5.74) is 3.17. The number of benzene rings is 1. The molecule has 2 N–H and O–H groups in total. The number of hydrogen-bond donors (Lipinski definition) is 2. The molecule has 126 valence electrons. The fraction of sp³-hybridized carbons (Fsp3) is 0.158. The molecule has 0 radical (unpaired) electrons. The minimum Gasteiger partial charge on any atom is -0.366 e. The van der Waals surface area contributed by atoms with Gasteiger partial charge in [-0.25, -0.2) is 9.97 Å². The van der Waals surface area contributed by atoms with Gasteiger partial charge in [0.2, 0.25) is 0 Å². The third kappa shape index (κ3) is 4.60. The molecule has 0 aliphatic heterocycles. The average Bonchev–Trinajstić information content (AvgIpc) is 2.60. The maximum absolute atomic E-state index is 12.5. The molecule has 2 aromatic heterocycles. The molecule has 25 heavy (non-hydrogen) atoms. The van der Waals surface area contributed by atoms with Crippen LogP contribution >= 0.6 is 0 Å². The first-order valence-electron chi connectivity index (χ1n) is 7.96. The highest BCUT2D eigenvalue weighted by atomic mass is 16.1. The Balaban J connectivity index is 1.73. The first kappa shape index (κ1) is 16.6. The van der Waals surface area contributed by atoms with Gasteiger partial charge in [-0.1, -0.05) is 18.2 Å². The Morgan fingerprint density at radius 3 is 2.72 bits per heavy atom. The van der Waals surface area contributed by atoms with Gasteiger partial charge in [-0.15, -0.1) is 0 Å². The monoisotopic (exact) mass is 333 g/mol. The van der Waals surface area contributed by atoms with Crippen LogP contribution in [0.25, 0.3) is 0 Å². The van der Waals surface area contributed by atoms with E-state index in [0.717, 1.165) is 16.8 Å². The molecular weight excluding hydrogens is 314 g/mol. The third-order valence-electron chi connectivity index (χ3n) is 3.54. The number of aromatic nitrogens is 3. The summed E-state index contributed by atoms with van der Waals surface area (Å²) < 4.78 is 0. The summed E-state index contributed by atoms with van der Waals surface area (Å²) in [6.07, 6.45) is 3.51. The summed E-state index contributed by atoms with van der Waals surface area (Å²) in [5, 5.41) is 6.06. The van der Waals surface area contributed by atoms with E-state index in [-0.39, 0.29) is 5.91 Å². The van der Waals surface area contributed by atoms with E-state index in [1.807, 2.05) is 43.3 Å². The van der Waals surface area contributed by atoms with E-state index >= 15 is 0 Å². The predicted octanol–water partition coefficient (Wildman–Crippen LogP) is 3.35. The van der Waals surface area contributed by atoms with Crippen LogP contribution in [0.4, 0.5) is 11.5 Å². The highest BCUT2D eigenvalue weighted by Gasteiger charge is 2.11. The lowest BCUT2D eigenvalue weighted by Gasteiger charge is -2.09. The molecule has 0 saturated carbocycles. The highest BCUT2D eigenvalue weighted by molar-refractivity contribution is 6.03.